The topological polar surface area (TPSA) is 81.1 Å². The lowest BCUT2D eigenvalue weighted by molar-refractivity contribution is -0.114. The summed E-state index contributed by atoms with van der Waals surface area (Å²) in [6.45, 7) is 1.33. The third-order valence-corrected chi connectivity index (χ3v) is 3.57. The predicted octanol–water partition coefficient (Wildman–Crippen LogP) is 2.24. The molecule has 1 amide bonds. The molecule has 6 nitrogen and oxygen atoms in total. The molecule has 0 atom stereocenters. The number of nitrogens with zero attached hydrogens (tertiary/aromatic N) is 2. The molecule has 0 radical (unpaired) electrons. The zero-order valence-electron chi connectivity index (χ0n) is 13.0. The molecule has 0 fully saturated rings. The quantitative estimate of drug-likeness (QED) is 0.747. The van der Waals surface area contributed by atoms with Gasteiger partial charge in [-0.1, -0.05) is 12.1 Å². The first-order chi connectivity index (χ1) is 11.5. The van der Waals surface area contributed by atoms with Crippen LogP contribution < -0.4 is 10.9 Å². The molecule has 0 aliphatic heterocycles. The Morgan fingerprint density at radius 2 is 1.79 bits per heavy atom. The Kier molecular flexibility index (Phi) is 4.20. The number of para-hydroxylation sites is 1. The van der Waals surface area contributed by atoms with Crippen LogP contribution in [0.4, 0.5) is 5.69 Å². The van der Waals surface area contributed by atoms with Crippen LogP contribution in [0.15, 0.2) is 59.7 Å². The van der Waals surface area contributed by atoms with Crippen LogP contribution in [-0.4, -0.2) is 21.2 Å². The fourth-order valence-corrected chi connectivity index (χ4v) is 2.41. The predicted molar refractivity (Wildman–Crippen MR) is 91.1 cm³/mol. The van der Waals surface area contributed by atoms with E-state index in [9.17, 15) is 14.4 Å². The Morgan fingerprint density at radius 1 is 1.08 bits per heavy atom. The van der Waals surface area contributed by atoms with Crippen LogP contribution in [0, 0.1) is 0 Å². The van der Waals surface area contributed by atoms with Gasteiger partial charge in [-0.05, 0) is 36.4 Å². The number of benzene rings is 2. The van der Waals surface area contributed by atoms with Gasteiger partial charge in [-0.2, -0.15) is 0 Å². The molecule has 120 valence electrons. The minimum atomic E-state index is -0.246. The van der Waals surface area contributed by atoms with Gasteiger partial charge in [0.05, 0.1) is 23.8 Å². The largest absolute Gasteiger partial charge is 0.326 e. The summed E-state index contributed by atoms with van der Waals surface area (Å²) in [5.41, 5.74) is 1.43. The molecule has 0 bridgehead atoms. The molecule has 0 aliphatic carbocycles. The van der Waals surface area contributed by atoms with Gasteiger partial charge >= 0.3 is 0 Å². The van der Waals surface area contributed by atoms with Crippen molar-refractivity contribution < 1.29 is 9.59 Å². The number of rotatable bonds is 4. The lowest BCUT2D eigenvalue weighted by Gasteiger charge is -2.07. The molecule has 0 unspecified atom stereocenters. The minimum Gasteiger partial charge on any atom is -0.326 e. The number of aromatic nitrogens is 2. The maximum atomic E-state index is 12.4. The Hall–Kier alpha value is -3.28. The molecule has 0 spiro atoms. The molecule has 0 saturated heterocycles. The molecule has 3 aromatic rings. The van der Waals surface area contributed by atoms with Gasteiger partial charge < -0.3 is 5.32 Å². The third-order valence-electron chi connectivity index (χ3n) is 3.57. The highest BCUT2D eigenvalue weighted by Crippen LogP contribution is 2.11. The number of nitrogens with one attached hydrogen (secondary N) is 1. The van der Waals surface area contributed by atoms with Gasteiger partial charge in [0.15, 0.2) is 5.78 Å². The van der Waals surface area contributed by atoms with Gasteiger partial charge in [0, 0.05) is 18.2 Å². The van der Waals surface area contributed by atoms with E-state index in [4.69, 9.17) is 0 Å². The second kappa shape index (κ2) is 6.45. The van der Waals surface area contributed by atoms with Crippen molar-refractivity contribution in [2.45, 2.75) is 13.5 Å². The van der Waals surface area contributed by atoms with E-state index in [-0.39, 0.29) is 23.8 Å². The number of carbonyl (C=O) groups excluding carboxylic acids is 2. The van der Waals surface area contributed by atoms with Gasteiger partial charge in [-0.25, -0.2) is 4.98 Å². The number of fused-ring (bicyclic) bond motifs is 1. The number of anilines is 1. The highest BCUT2D eigenvalue weighted by molar-refractivity contribution is 5.97. The molecule has 1 heterocycles. The summed E-state index contributed by atoms with van der Waals surface area (Å²) in [4.78, 5) is 39.9. The van der Waals surface area contributed by atoms with Crippen LogP contribution in [0.2, 0.25) is 0 Å². The van der Waals surface area contributed by atoms with Crippen LogP contribution in [-0.2, 0) is 11.3 Å². The first kappa shape index (κ1) is 15.6. The standard InChI is InChI=1S/C18H15N3O3/c1-12(22)20-14-8-6-13(7-9-14)17(23)10-21-11-19-16-5-3-2-4-15(16)18(21)24/h2-9,11H,10H2,1H3,(H,20,22). The van der Waals surface area contributed by atoms with Gasteiger partial charge in [0.1, 0.15) is 0 Å². The molecule has 0 aliphatic rings. The number of ketones is 1. The van der Waals surface area contributed by atoms with Crippen LogP contribution in [0.3, 0.4) is 0 Å². The lowest BCUT2D eigenvalue weighted by Crippen LogP contribution is -2.24. The first-order valence-electron chi connectivity index (χ1n) is 7.39. The van der Waals surface area contributed by atoms with Crippen molar-refractivity contribution in [3.63, 3.8) is 0 Å². The maximum Gasteiger partial charge on any atom is 0.261 e. The summed E-state index contributed by atoms with van der Waals surface area (Å²) in [6.07, 6.45) is 1.38. The van der Waals surface area contributed by atoms with Gasteiger partial charge in [0.25, 0.3) is 5.56 Å². The number of hydrogen-bond acceptors (Lipinski definition) is 4. The van der Waals surface area contributed by atoms with Gasteiger partial charge in [0.2, 0.25) is 5.91 Å². The number of carbonyl (C=O) groups is 2. The minimum absolute atomic E-state index is 0.0872. The van der Waals surface area contributed by atoms with Crippen molar-refractivity contribution in [3.8, 4) is 0 Å². The molecule has 3 rings (SSSR count). The maximum absolute atomic E-state index is 12.4. The van der Waals surface area contributed by atoms with E-state index in [0.29, 0.717) is 22.2 Å². The monoisotopic (exact) mass is 321 g/mol. The number of amides is 1. The molecule has 6 heteroatoms. The smallest absolute Gasteiger partial charge is 0.261 e. The summed E-state index contributed by atoms with van der Waals surface area (Å²) in [5, 5.41) is 3.11. The SMILES string of the molecule is CC(=O)Nc1ccc(C(=O)Cn2cnc3ccccc3c2=O)cc1. The molecule has 2 aromatic carbocycles. The fraction of sp³-hybridized carbons (Fsp3) is 0.111. The summed E-state index contributed by atoms with van der Waals surface area (Å²) in [5.74, 6) is -0.383. The van der Waals surface area contributed by atoms with E-state index >= 15 is 0 Å². The average molecular weight is 321 g/mol. The second-order valence-electron chi connectivity index (χ2n) is 5.38. The Morgan fingerprint density at radius 3 is 2.50 bits per heavy atom. The van der Waals surface area contributed by atoms with E-state index in [2.05, 4.69) is 10.3 Å². The van der Waals surface area contributed by atoms with Gasteiger partial charge in [-0.15, -0.1) is 0 Å². The zero-order valence-corrected chi connectivity index (χ0v) is 13.0. The van der Waals surface area contributed by atoms with E-state index in [1.807, 2.05) is 0 Å². The van der Waals surface area contributed by atoms with E-state index in [1.165, 1.54) is 17.8 Å². The van der Waals surface area contributed by atoms with E-state index in [1.54, 1.807) is 48.5 Å². The summed E-state index contributed by atoms with van der Waals surface area (Å²) < 4.78 is 1.30. The van der Waals surface area contributed by atoms with Crippen molar-refractivity contribution in [2.24, 2.45) is 0 Å². The molecule has 1 aromatic heterocycles. The first-order valence-corrected chi connectivity index (χ1v) is 7.39. The van der Waals surface area contributed by atoms with Crippen molar-refractivity contribution >= 4 is 28.3 Å². The van der Waals surface area contributed by atoms with E-state index in [0.717, 1.165) is 0 Å². The average Bonchev–Trinajstić information content (AvgIpc) is 2.57. The van der Waals surface area contributed by atoms with Crippen molar-refractivity contribution in [3.05, 3.63) is 70.8 Å². The molecular weight excluding hydrogens is 306 g/mol. The molecule has 0 saturated carbocycles. The highest BCUT2D eigenvalue weighted by Gasteiger charge is 2.10. The fourth-order valence-electron chi connectivity index (χ4n) is 2.41. The van der Waals surface area contributed by atoms with Crippen LogP contribution in [0.1, 0.15) is 17.3 Å². The van der Waals surface area contributed by atoms with Crippen LogP contribution >= 0.6 is 0 Å². The Balaban J connectivity index is 1.83. The van der Waals surface area contributed by atoms with Crippen molar-refractivity contribution in [1.29, 1.82) is 0 Å². The van der Waals surface area contributed by atoms with Crippen LogP contribution in [0.25, 0.3) is 10.9 Å². The van der Waals surface area contributed by atoms with Gasteiger partial charge in [-0.3, -0.25) is 19.0 Å². The second-order valence-corrected chi connectivity index (χ2v) is 5.38. The Labute approximate surface area is 137 Å². The van der Waals surface area contributed by atoms with Crippen LogP contribution in [0.5, 0.6) is 0 Å². The highest BCUT2D eigenvalue weighted by atomic mass is 16.1. The van der Waals surface area contributed by atoms with Crippen molar-refractivity contribution in [1.82, 2.24) is 9.55 Å². The van der Waals surface area contributed by atoms with E-state index < -0.39 is 0 Å². The summed E-state index contributed by atoms with van der Waals surface area (Å²) >= 11 is 0. The lowest BCUT2D eigenvalue weighted by atomic mass is 10.1. The third kappa shape index (κ3) is 3.22. The number of Topliss-reactive ketones (excluding diaryl/α,β-unsaturated/α-hetero) is 1. The Bertz CT molecular complexity index is 975. The summed E-state index contributed by atoms with van der Waals surface area (Å²) in [6, 6.07) is 13.5. The van der Waals surface area contributed by atoms with Crippen molar-refractivity contribution in [2.75, 3.05) is 5.32 Å². The normalized spacial score (nSPS) is 10.5. The number of hydrogen-bond donors (Lipinski definition) is 1. The molecular formula is C18H15N3O3. The molecule has 1 N–H and O–H groups in total. The summed E-state index contributed by atoms with van der Waals surface area (Å²) in [7, 11) is 0. The molecule has 24 heavy (non-hydrogen) atoms. The zero-order chi connectivity index (χ0) is 17.1.